The number of ketones is 1. The summed E-state index contributed by atoms with van der Waals surface area (Å²) >= 11 is 0. The summed E-state index contributed by atoms with van der Waals surface area (Å²) in [6.07, 6.45) is 0.975. The molecule has 0 saturated carbocycles. The standard InChI is InChI=1S/C20H20N4O3/c21-17(16(19(26)27)13-6-2-1-3-7-13)18(25)14-8-4-9-15(12-14)24-20-22-10-5-11-23-20/h1-4,6-9,12H,5,10-11,21H2,(H,26,27)(H2,22,23,24). The highest BCUT2D eigenvalue weighted by Crippen LogP contribution is 2.21. The number of aliphatic carboxylic acids is 1. The molecule has 0 saturated heterocycles. The smallest absolute Gasteiger partial charge is 0.338 e. The van der Waals surface area contributed by atoms with Gasteiger partial charge in [-0.3, -0.25) is 9.79 Å². The lowest BCUT2D eigenvalue weighted by Gasteiger charge is -2.16. The van der Waals surface area contributed by atoms with Crippen molar-refractivity contribution in [2.45, 2.75) is 6.42 Å². The van der Waals surface area contributed by atoms with Gasteiger partial charge < -0.3 is 21.5 Å². The number of aliphatic imine (C=N–C) groups is 1. The van der Waals surface area contributed by atoms with Gasteiger partial charge in [0.05, 0.1) is 11.3 Å². The van der Waals surface area contributed by atoms with Gasteiger partial charge in [-0.1, -0.05) is 42.5 Å². The van der Waals surface area contributed by atoms with E-state index < -0.39 is 11.8 Å². The maximum Gasteiger partial charge on any atom is 0.338 e. The number of carboxylic acids is 1. The summed E-state index contributed by atoms with van der Waals surface area (Å²) in [7, 11) is 0. The summed E-state index contributed by atoms with van der Waals surface area (Å²) in [5.41, 5.74) is 6.78. The molecule has 138 valence electrons. The van der Waals surface area contributed by atoms with E-state index in [0.717, 1.165) is 19.5 Å². The van der Waals surface area contributed by atoms with E-state index in [1.807, 2.05) is 0 Å². The van der Waals surface area contributed by atoms with Gasteiger partial charge >= 0.3 is 5.97 Å². The third-order valence-electron chi connectivity index (χ3n) is 4.08. The lowest BCUT2D eigenvalue weighted by atomic mass is 9.99. The summed E-state index contributed by atoms with van der Waals surface area (Å²) in [6.45, 7) is 1.57. The zero-order valence-corrected chi connectivity index (χ0v) is 14.6. The van der Waals surface area contributed by atoms with Gasteiger partial charge in [0.25, 0.3) is 0 Å². The quantitative estimate of drug-likeness (QED) is 0.477. The second-order valence-corrected chi connectivity index (χ2v) is 6.01. The number of carbonyl (C=O) groups excluding carboxylic acids is 1. The first-order valence-corrected chi connectivity index (χ1v) is 8.55. The van der Waals surface area contributed by atoms with Gasteiger partial charge in [0, 0.05) is 24.3 Å². The van der Waals surface area contributed by atoms with E-state index in [9.17, 15) is 14.7 Å². The number of guanidine groups is 1. The Bertz CT molecular complexity index is 920. The molecule has 0 fully saturated rings. The molecule has 0 unspecified atom stereocenters. The van der Waals surface area contributed by atoms with Gasteiger partial charge in [-0.05, 0) is 24.1 Å². The van der Waals surface area contributed by atoms with Crippen LogP contribution in [-0.2, 0) is 4.79 Å². The van der Waals surface area contributed by atoms with Gasteiger partial charge in [0.1, 0.15) is 0 Å². The van der Waals surface area contributed by atoms with Crippen molar-refractivity contribution in [3.8, 4) is 0 Å². The number of nitrogens with two attached hydrogens (primary N) is 1. The van der Waals surface area contributed by atoms with Crippen LogP contribution < -0.4 is 16.4 Å². The molecular formula is C20H20N4O3. The van der Waals surface area contributed by atoms with Crippen LogP contribution in [0, 0.1) is 0 Å². The normalized spacial score (nSPS) is 14.4. The Kier molecular flexibility index (Phi) is 5.51. The Balaban J connectivity index is 1.91. The third kappa shape index (κ3) is 4.33. The van der Waals surface area contributed by atoms with Crippen molar-refractivity contribution < 1.29 is 14.7 Å². The number of anilines is 1. The molecule has 0 atom stereocenters. The lowest BCUT2D eigenvalue weighted by molar-refractivity contribution is -0.130. The molecule has 27 heavy (non-hydrogen) atoms. The molecule has 0 amide bonds. The molecule has 0 radical (unpaired) electrons. The molecule has 1 aliphatic rings. The monoisotopic (exact) mass is 364 g/mol. The number of allylic oxidation sites excluding steroid dienone is 1. The van der Waals surface area contributed by atoms with Gasteiger partial charge in [0.15, 0.2) is 5.96 Å². The molecule has 0 bridgehead atoms. The largest absolute Gasteiger partial charge is 0.478 e. The fraction of sp³-hybridized carbons (Fsp3) is 0.150. The van der Waals surface area contributed by atoms with Gasteiger partial charge in [-0.25, -0.2) is 4.79 Å². The van der Waals surface area contributed by atoms with Crippen LogP contribution in [0.5, 0.6) is 0 Å². The molecular weight excluding hydrogens is 344 g/mol. The lowest BCUT2D eigenvalue weighted by Crippen LogP contribution is -2.35. The van der Waals surface area contributed by atoms with Crippen LogP contribution in [0.25, 0.3) is 5.57 Å². The molecule has 7 nitrogen and oxygen atoms in total. The average Bonchev–Trinajstić information content (AvgIpc) is 2.69. The van der Waals surface area contributed by atoms with Crippen LogP contribution >= 0.6 is 0 Å². The van der Waals surface area contributed by atoms with Gasteiger partial charge in [-0.2, -0.15) is 0 Å². The molecule has 2 aromatic rings. The van der Waals surface area contributed by atoms with Gasteiger partial charge in [-0.15, -0.1) is 0 Å². The molecule has 2 aromatic carbocycles. The van der Waals surface area contributed by atoms with Crippen molar-refractivity contribution in [1.82, 2.24) is 5.32 Å². The van der Waals surface area contributed by atoms with Crippen molar-refractivity contribution >= 4 is 29.0 Å². The summed E-state index contributed by atoms with van der Waals surface area (Å²) in [4.78, 5) is 28.8. The van der Waals surface area contributed by atoms with Crippen LogP contribution in [0.1, 0.15) is 22.3 Å². The number of hydrogen-bond acceptors (Lipinski definition) is 6. The zero-order valence-electron chi connectivity index (χ0n) is 14.6. The number of nitrogens with zero attached hydrogens (tertiary/aromatic N) is 1. The molecule has 0 aliphatic carbocycles. The Labute approximate surface area is 156 Å². The first-order chi connectivity index (χ1) is 13.1. The molecule has 0 spiro atoms. The van der Waals surface area contributed by atoms with Crippen LogP contribution in [0.4, 0.5) is 5.69 Å². The molecule has 1 aliphatic heterocycles. The average molecular weight is 364 g/mol. The zero-order chi connectivity index (χ0) is 19.2. The predicted molar refractivity (Wildman–Crippen MR) is 105 cm³/mol. The third-order valence-corrected chi connectivity index (χ3v) is 4.08. The number of Topliss-reactive ketones (excluding diaryl/α,β-unsaturated/α-hetero) is 1. The van der Waals surface area contributed by atoms with Crippen molar-refractivity contribution in [3.63, 3.8) is 0 Å². The summed E-state index contributed by atoms with van der Waals surface area (Å²) in [6, 6.07) is 15.1. The minimum Gasteiger partial charge on any atom is -0.478 e. The van der Waals surface area contributed by atoms with Crippen LogP contribution in [-0.4, -0.2) is 35.9 Å². The number of carbonyl (C=O) groups is 2. The second-order valence-electron chi connectivity index (χ2n) is 6.01. The minimum absolute atomic E-state index is 0.211. The number of nitrogens with one attached hydrogen (secondary N) is 2. The maximum absolute atomic E-state index is 12.8. The van der Waals surface area contributed by atoms with Crippen LogP contribution in [0.15, 0.2) is 65.3 Å². The number of benzene rings is 2. The van der Waals surface area contributed by atoms with Crippen molar-refractivity contribution in [3.05, 3.63) is 71.4 Å². The van der Waals surface area contributed by atoms with Crippen LogP contribution in [0.3, 0.4) is 0 Å². The number of carboxylic acid groups (broad SMARTS) is 1. The summed E-state index contributed by atoms with van der Waals surface area (Å²) < 4.78 is 0. The molecule has 1 heterocycles. The highest BCUT2D eigenvalue weighted by molar-refractivity contribution is 6.25. The maximum atomic E-state index is 12.8. The van der Waals surface area contributed by atoms with Gasteiger partial charge in [0.2, 0.25) is 5.78 Å². The first-order valence-electron chi connectivity index (χ1n) is 8.55. The van der Waals surface area contributed by atoms with E-state index in [1.165, 1.54) is 0 Å². The molecule has 3 rings (SSSR count). The second kappa shape index (κ2) is 8.18. The summed E-state index contributed by atoms with van der Waals surface area (Å²) in [5.74, 6) is -1.15. The highest BCUT2D eigenvalue weighted by atomic mass is 16.4. The van der Waals surface area contributed by atoms with Crippen LogP contribution in [0.2, 0.25) is 0 Å². The van der Waals surface area contributed by atoms with E-state index in [1.54, 1.807) is 54.6 Å². The van der Waals surface area contributed by atoms with E-state index in [0.29, 0.717) is 22.8 Å². The fourth-order valence-electron chi connectivity index (χ4n) is 2.76. The van der Waals surface area contributed by atoms with E-state index in [4.69, 9.17) is 5.73 Å². The molecule has 5 N–H and O–H groups in total. The predicted octanol–water partition coefficient (Wildman–Crippen LogP) is 2.09. The Morgan fingerprint density at radius 2 is 1.81 bits per heavy atom. The number of rotatable bonds is 5. The molecule has 0 aromatic heterocycles. The van der Waals surface area contributed by atoms with E-state index in [-0.39, 0.29) is 11.3 Å². The fourth-order valence-corrected chi connectivity index (χ4v) is 2.76. The van der Waals surface area contributed by atoms with Crippen molar-refractivity contribution in [1.29, 1.82) is 0 Å². The Hall–Kier alpha value is -3.61. The molecule has 7 heteroatoms. The first kappa shape index (κ1) is 18.2. The Morgan fingerprint density at radius 3 is 2.48 bits per heavy atom. The SMILES string of the molecule is NC(C(=O)c1cccc(NC2=NCCCN2)c1)=C(C(=O)O)c1ccccc1. The number of hydrogen-bond donors (Lipinski definition) is 4. The van der Waals surface area contributed by atoms with Crippen molar-refractivity contribution in [2.24, 2.45) is 10.7 Å². The van der Waals surface area contributed by atoms with E-state index >= 15 is 0 Å². The topological polar surface area (TPSA) is 117 Å². The van der Waals surface area contributed by atoms with Crippen molar-refractivity contribution in [2.75, 3.05) is 18.4 Å². The van der Waals surface area contributed by atoms with E-state index in [2.05, 4.69) is 15.6 Å². The highest BCUT2D eigenvalue weighted by Gasteiger charge is 2.21. The Morgan fingerprint density at radius 1 is 1.07 bits per heavy atom. The summed E-state index contributed by atoms with van der Waals surface area (Å²) in [5, 5.41) is 15.8. The minimum atomic E-state index is -1.25.